The molecule has 2 rings (SSSR count). The van der Waals surface area contributed by atoms with E-state index >= 15 is 0 Å². The Hall–Kier alpha value is -1.93. The Bertz CT molecular complexity index is 722. The maximum absolute atomic E-state index is 12.7. The molecule has 0 aliphatic heterocycles. The predicted molar refractivity (Wildman–Crippen MR) is 86.2 cm³/mol. The molecule has 1 heterocycles. The molecule has 0 aliphatic carbocycles. The highest BCUT2D eigenvalue weighted by atomic mass is 32.2. The Kier molecular flexibility index (Phi) is 5.91. The number of halogens is 1. The van der Waals surface area contributed by atoms with Crippen LogP contribution in [0, 0.1) is 5.82 Å². The molecule has 1 aromatic heterocycles. The summed E-state index contributed by atoms with van der Waals surface area (Å²) in [7, 11) is 1.81. The van der Waals surface area contributed by atoms with E-state index in [1.165, 1.54) is 47.4 Å². The first-order valence-corrected chi connectivity index (χ1v) is 8.39. The minimum absolute atomic E-state index is 0.134. The van der Waals surface area contributed by atoms with Crippen LogP contribution >= 0.6 is 23.1 Å². The molecule has 0 spiro atoms. The molecule has 0 fully saturated rings. The van der Waals surface area contributed by atoms with Crippen molar-refractivity contribution in [1.29, 1.82) is 0 Å². The fraction of sp³-hybridized carbons (Fsp3) is 0.214. The van der Waals surface area contributed by atoms with Gasteiger partial charge in [0.25, 0.3) is 5.91 Å². The second-order valence-electron chi connectivity index (χ2n) is 4.35. The molecule has 0 bridgehead atoms. The normalized spacial score (nSPS) is 11.5. The molecule has 1 aromatic carbocycles. The molecule has 116 valence electrons. The third-order valence-corrected chi connectivity index (χ3v) is 4.33. The summed E-state index contributed by atoms with van der Waals surface area (Å²) in [5, 5.41) is 4.47. The van der Waals surface area contributed by atoms with Gasteiger partial charge in [0.15, 0.2) is 4.80 Å². The number of carbonyl (C=O) groups excluding carboxylic acids is 2. The van der Waals surface area contributed by atoms with E-state index in [1.54, 1.807) is 4.57 Å². The lowest BCUT2D eigenvalue weighted by Crippen LogP contribution is -2.16. The molecule has 0 atom stereocenters. The van der Waals surface area contributed by atoms with Gasteiger partial charge in [0.1, 0.15) is 5.82 Å². The molecule has 2 amide bonds. The average molecular weight is 339 g/mol. The van der Waals surface area contributed by atoms with Gasteiger partial charge < -0.3 is 9.88 Å². The van der Waals surface area contributed by atoms with Gasteiger partial charge in [-0.3, -0.25) is 9.59 Å². The van der Waals surface area contributed by atoms with E-state index in [9.17, 15) is 14.0 Å². The number of rotatable bonds is 5. The fourth-order valence-electron chi connectivity index (χ4n) is 1.53. The number of benzene rings is 1. The Morgan fingerprint density at radius 3 is 2.68 bits per heavy atom. The van der Waals surface area contributed by atoms with Crippen LogP contribution in [-0.4, -0.2) is 27.9 Å². The molecule has 0 aliphatic rings. The van der Waals surface area contributed by atoms with Crippen molar-refractivity contribution in [2.24, 2.45) is 12.0 Å². The van der Waals surface area contributed by atoms with Crippen molar-refractivity contribution in [2.45, 2.75) is 0 Å². The van der Waals surface area contributed by atoms with Crippen molar-refractivity contribution in [3.05, 3.63) is 46.5 Å². The number of aryl methyl sites for hydroxylation is 1. The van der Waals surface area contributed by atoms with Crippen LogP contribution < -0.4 is 10.1 Å². The summed E-state index contributed by atoms with van der Waals surface area (Å²) in [5.74, 6) is -0.616. The number of anilines is 1. The molecule has 1 N–H and O–H groups in total. The summed E-state index contributed by atoms with van der Waals surface area (Å²) >= 11 is 2.56. The second kappa shape index (κ2) is 7.90. The molecule has 0 radical (unpaired) electrons. The van der Waals surface area contributed by atoms with Gasteiger partial charge >= 0.3 is 0 Å². The van der Waals surface area contributed by atoms with Gasteiger partial charge in [-0.25, -0.2) is 4.39 Å². The van der Waals surface area contributed by atoms with E-state index in [-0.39, 0.29) is 29.1 Å². The Morgan fingerprint density at radius 2 is 2.05 bits per heavy atom. The van der Waals surface area contributed by atoms with Gasteiger partial charge in [-0.2, -0.15) is 4.99 Å². The van der Waals surface area contributed by atoms with E-state index in [0.717, 1.165) is 0 Å². The van der Waals surface area contributed by atoms with Crippen LogP contribution in [0.1, 0.15) is 0 Å². The van der Waals surface area contributed by atoms with Crippen molar-refractivity contribution < 1.29 is 14.0 Å². The topological polar surface area (TPSA) is 63.5 Å². The van der Waals surface area contributed by atoms with Crippen LogP contribution in [0.15, 0.2) is 40.8 Å². The zero-order chi connectivity index (χ0) is 15.9. The molecule has 2 aromatic rings. The van der Waals surface area contributed by atoms with Crippen LogP contribution in [-0.2, 0) is 16.6 Å². The van der Waals surface area contributed by atoms with Crippen molar-refractivity contribution in [2.75, 3.05) is 16.8 Å². The molecular formula is C14H14FN3O2S2. The summed E-state index contributed by atoms with van der Waals surface area (Å²) in [4.78, 5) is 27.9. The lowest BCUT2D eigenvalue weighted by Gasteiger charge is -2.04. The Morgan fingerprint density at radius 1 is 1.32 bits per heavy atom. The van der Waals surface area contributed by atoms with Crippen LogP contribution in [0.5, 0.6) is 0 Å². The third kappa shape index (κ3) is 5.12. The van der Waals surface area contributed by atoms with Gasteiger partial charge in [0.2, 0.25) is 5.91 Å². The van der Waals surface area contributed by atoms with Gasteiger partial charge in [-0.1, -0.05) is 0 Å². The molecule has 22 heavy (non-hydrogen) atoms. The Balaban J connectivity index is 1.76. The summed E-state index contributed by atoms with van der Waals surface area (Å²) < 4.78 is 14.5. The fourth-order valence-corrected chi connectivity index (χ4v) is 2.88. The highest BCUT2D eigenvalue weighted by Gasteiger charge is 2.06. The van der Waals surface area contributed by atoms with E-state index in [1.807, 2.05) is 18.6 Å². The number of nitrogens with one attached hydrogen (secondary N) is 1. The highest BCUT2D eigenvalue weighted by Crippen LogP contribution is 2.09. The first-order chi connectivity index (χ1) is 10.5. The summed E-state index contributed by atoms with van der Waals surface area (Å²) in [6, 6.07) is 5.50. The largest absolute Gasteiger partial charge is 0.327 e. The minimum atomic E-state index is -0.360. The number of carbonyl (C=O) groups is 2. The molecule has 8 heteroatoms. The first kappa shape index (κ1) is 16.4. The molecule has 5 nitrogen and oxygen atoms in total. The van der Waals surface area contributed by atoms with E-state index in [4.69, 9.17) is 0 Å². The van der Waals surface area contributed by atoms with Gasteiger partial charge in [-0.15, -0.1) is 23.1 Å². The SMILES string of the molecule is Cn1ccsc1=NC(=O)CSCC(=O)Nc1ccc(F)cc1. The third-order valence-electron chi connectivity index (χ3n) is 2.57. The molecule has 0 saturated heterocycles. The summed E-state index contributed by atoms with van der Waals surface area (Å²) in [6.07, 6.45) is 1.82. The van der Waals surface area contributed by atoms with Crippen molar-refractivity contribution in [3.8, 4) is 0 Å². The number of thiazole rings is 1. The van der Waals surface area contributed by atoms with Crippen molar-refractivity contribution in [1.82, 2.24) is 4.57 Å². The zero-order valence-corrected chi connectivity index (χ0v) is 13.4. The molecule has 0 saturated carbocycles. The number of nitrogens with zero attached hydrogens (tertiary/aromatic N) is 2. The molecular weight excluding hydrogens is 325 g/mol. The number of thioether (sulfide) groups is 1. The van der Waals surface area contributed by atoms with Gasteiger partial charge in [-0.05, 0) is 24.3 Å². The standard InChI is InChI=1S/C14H14FN3O2S2/c1-18-6-7-22-14(18)17-13(20)9-21-8-12(19)16-11-4-2-10(15)3-5-11/h2-7H,8-9H2,1H3,(H,16,19). The maximum atomic E-state index is 12.7. The van der Waals surface area contributed by atoms with E-state index in [2.05, 4.69) is 10.3 Å². The van der Waals surface area contributed by atoms with Crippen LogP contribution in [0.2, 0.25) is 0 Å². The highest BCUT2D eigenvalue weighted by molar-refractivity contribution is 8.00. The number of amides is 2. The van der Waals surface area contributed by atoms with Crippen LogP contribution in [0.25, 0.3) is 0 Å². The average Bonchev–Trinajstić information content (AvgIpc) is 2.87. The van der Waals surface area contributed by atoms with E-state index in [0.29, 0.717) is 10.5 Å². The zero-order valence-electron chi connectivity index (χ0n) is 11.8. The first-order valence-electron chi connectivity index (χ1n) is 6.35. The number of aromatic nitrogens is 1. The number of hydrogen-bond acceptors (Lipinski definition) is 4. The lowest BCUT2D eigenvalue weighted by molar-refractivity contribution is -0.115. The summed E-state index contributed by atoms with van der Waals surface area (Å²) in [5.41, 5.74) is 0.522. The Labute approximate surface area is 134 Å². The monoisotopic (exact) mass is 339 g/mol. The predicted octanol–water partition coefficient (Wildman–Crippen LogP) is 2.02. The van der Waals surface area contributed by atoms with Crippen LogP contribution in [0.3, 0.4) is 0 Å². The summed E-state index contributed by atoms with van der Waals surface area (Å²) in [6.45, 7) is 0. The van der Waals surface area contributed by atoms with Gasteiger partial charge in [0.05, 0.1) is 11.5 Å². The second-order valence-corrected chi connectivity index (χ2v) is 6.21. The van der Waals surface area contributed by atoms with Crippen molar-refractivity contribution >= 4 is 40.6 Å². The smallest absolute Gasteiger partial charge is 0.258 e. The molecule has 0 unspecified atom stereocenters. The maximum Gasteiger partial charge on any atom is 0.258 e. The van der Waals surface area contributed by atoms with Crippen molar-refractivity contribution in [3.63, 3.8) is 0 Å². The minimum Gasteiger partial charge on any atom is -0.327 e. The number of hydrogen-bond donors (Lipinski definition) is 1. The lowest BCUT2D eigenvalue weighted by atomic mass is 10.3. The van der Waals surface area contributed by atoms with E-state index < -0.39 is 0 Å². The quantitative estimate of drug-likeness (QED) is 0.906. The van der Waals surface area contributed by atoms with Crippen LogP contribution in [0.4, 0.5) is 10.1 Å². The van der Waals surface area contributed by atoms with Gasteiger partial charge in [0, 0.05) is 24.3 Å².